The molecule has 0 bridgehead atoms. The van der Waals surface area contributed by atoms with E-state index < -0.39 is 0 Å². The second-order valence-corrected chi connectivity index (χ2v) is 7.07. The number of hydrogen-bond acceptors (Lipinski definition) is 6. The molecule has 2 aromatic carbocycles. The zero-order chi connectivity index (χ0) is 20.5. The molecule has 5 rings (SSSR count). The van der Waals surface area contributed by atoms with Crippen LogP contribution in [0.15, 0.2) is 57.7 Å². The zero-order valence-electron chi connectivity index (χ0n) is 16.1. The van der Waals surface area contributed by atoms with Crippen molar-refractivity contribution < 1.29 is 13.5 Å². The molecule has 0 spiro atoms. The summed E-state index contributed by atoms with van der Waals surface area (Å²) in [6.07, 6.45) is 0.192. The third-order valence-corrected chi connectivity index (χ3v) is 5.05. The van der Waals surface area contributed by atoms with Crippen molar-refractivity contribution in [1.29, 1.82) is 0 Å². The van der Waals surface area contributed by atoms with Crippen LogP contribution in [0.3, 0.4) is 0 Å². The molecule has 4 aromatic rings. The largest absolute Gasteiger partial charge is 0.440 e. The standard InChI is InChI=1S/C22H19FN4O3/c23-15-6-7-16-22(21(15)14-4-2-1-3-5-14)26-20(30-16)12-17-24-18(13-19(28)25-17)27-8-10-29-11-9-27/h1-7,13H,8-12H2,(H,24,25,28). The Morgan fingerprint density at radius 1 is 1.07 bits per heavy atom. The summed E-state index contributed by atoms with van der Waals surface area (Å²) in [6.45, 7) is 2.56. The number of anilines is 1. The van der Waals surface area contributed by atoms with Crippen LogP contribution in [-0.2, 0) is 11.2 Å². The van der Waals surface area contributed by atoms with Gasteiger partial charge in [0.25, 0.3) is 5.56 Å². The van der Waals surface area contributed by atoms with Gasteiger partial charge in [0, 0.05) is 24.7 Å². The van der Waals surface area contributed by atoms with Crippen LogP contribution < -0.4 is 10.5 Å². The lowest BCUT2D eigenvalue weighted by Crippen LogP contribution is -2.37. The van der Waals surface area contributed by atoms with Crippen LogP contribution in [0.2, 0.25) is 0 Å². The van der Waals surface area contributed by atoms with Crippen LogP contribution in [0.4, 0.5) is 10.2 Å². The Morgan fingerprint density at radius 2 is 1.87 bits per heavy atom. The maximum absolute atomic E-state index is 14.6. The minimum atomic E-state index is -0.366. The second kappa shape index (κ2) is 7.72. The fraction of sp³-hybridized carbons (Fsp3) is 0.227. The van der Waals surface area contributed by atoms with E-state index in [2.05, 4.69) is 15.0 Å². The molecule has 0 atom stereocenters. The number of H-pyrrole nitrogens is 1. The highest BCUT2D eigenvalue weighted by Crippen LogP contribution is 2.31. The van der Waals surface area contributed by atoms with Crippen molar-refractivity contribution in [3.8, 4) is 11.1 Å². The van der Waals surface area contributed by atoms with Crippen LogP contribution in [0, 0.1) is 5.82 Å². The predicted molar refractivity (Wildman–Crippen MR) is 110 cm³/mol. The molecule has 0 aliphatic carbocycles. The van der Waals surface area contributed by atoms with E-state index in [-0.39, 0.29) is 17.8 Å². The number of hydrogen-bond donors (Lipinski definition) is 1. The molecule has 30 heavy (non-hydrogen) atoms. The summed E-state index contributed by atoms with van der Waals surface area (Å²) in [7, 11) is 0. The quantitative estimate of drug-likeness (QED) is 0.561. The van der Waals surface area contributed by atoms with Crippen molar-refractivity contribution in [3.05, 3.63) is 76.4 Å². The summed E-state index contributed by atoms with van der Waals surface area (Å²) in [5.41, 5.74) is 1.81. The van der Waals surface area contributed by atoms with Crippen LogP contribution in [0.25, 0.3) is 22.2 Å². The molecule has 3 heterocycles. The molecule has 1 fully saturated rings. The number of morpholine rings is 1. The average molecular weight is 406 g/mol. The Morgan fingerprint density at radius 3 is 2.67 bits per heavy atom. The lowest BCUT2D eigenvalue weighted by molar-refractivity contribution is 0.122. The van der Waals surface area contributed by atoms with Crippen LogP contribution in [0.5, 0.6) is 0 Å². The molecule has 0 unspecified atom stereocenters. The number of benzene rings is 2. The summed E-state index contributed by atoms with van der Waals surface area (Å²) in [4.78, 5) is 26.0. The third-order valence-electron chi connectivity index (χ3n) is 5.05. The SMILES string of the molecule is O=c1cc(N2CCOCC2)nc(Cc2nc3c(-c4ccccc4)c(F)ccc3o2)[nH]1. The van der Waals surface area contributed by atoms with E-state index in [4.69, 9.17) is 9.15 Å². The Labute approximate surface area is 171 Å². The van der Waals surface area contributed by atoms with Crippen molar-refractivity contribution in [2.24, 2.45) is 0 Å². The Bertz CT molecular complexity index is 1250. The van der Waals surface area contributed by atoms with E-state index in [1.807, 2.05) is 35.2 Å². The number of nitrogens with one attached hydrogen (secondary N) is 1. The topological polar surface area (TPSA) is 84.2 Å². The van der Waals surface area contributed by atoms with Gasteiger partial charge in [0.15, 0.2) is 5.58 Å². The van der Waals surface area contributed by atoms with Crippen molar-refractivity contribution >= 4 is 16.9 Å². The van der Waals surface area contributed by atoms with Crippen LogP contribution >= 0.6 is 0 Å². The normalized spacial score (nSPS) is 14.4. The Hall–Kier alpha value is -3.52. The van der Waals surface area contributed by atoms with Crippen molar-refractivity contribution in [3.63, 3.8) is 0 Å². The van der Waals surface area contributed by atoms with Gasteiger partial charge in [-0.05, 0) is 17.7 Å². The van der Waals surface area contributed by atoms with Gasteiger partial charge in [-0.2, -0.15) is 0 Å². The van der Waals surface area contributed by atoms with Crippen molar-refractivity contribution in [2.75, 3.05) is 31.2 Å². The molecule has 0 saturated carbocycles. The highest BCUT2D eigenvalue weighted by molar-refractivity contribution is 5.91. The molecular weight excluding hydrogens is 387 g/mol. The number of rotatable bonds is 4. The fourth-order valence-corrected chi connectivity index (χ4v) is 3.65. The summed E-state index contributed by atoms with van der Waals surface area (Å²) in [5.74, 6) is 1.03. The number of ether oxygens (including phenoxy) is 1. The first kappa shape index (κ1) is 18.5. The zero-order valence-corrected chi connectivity index (χ0v) is 16.1. The number of aromatic amines is 1. The first-order valence-corrected chi connectivity index (χ1v) is 9.74. The molecule has 1 saturated heterocycles. The van der Waals surface area contributed by atoms with Gasteiger partial charge >= 0.3 is 0 Å². The molecule has 7 nitrogen and oxygen atoms in total. The Balaban J connectivity index is 1.51. The van der Waals surface area contributed by atoms with Gasteiger partial charge in [0.1, 0.15) is 23.0 Å². The van der Waals surface area contributed by atoms with E-state index in [9.17, 15) is 9.18 Å². The predicted octanol–water partition coefficient (Wildman–Crippen LogP) is 3.14. The van der Waals surface area contributed by atoms with Gasteiger partial charge in [-0.3, -0.25) is 4.79 Å². The van der Waals surface area contributed by atoms with Gasteiger partial charge in [-0.25, -0.2) is 14.4 Å². The second-order valence-electron chi connectivity index (χ2n) is 7.07. The summed E-state index contributed by atoms with van der Waals surface area (Å²) >= 11 is 0. The summed E-state index contributed by atoms with van der Waals surface area (Å²) in [5, 5.41) is 0. The fourth-order valence-electron chi connectivity index (χ4n) is 3.65. The molecule has 1 aliphatic heterocycles. The van der Waals surface area contributed by atoms with Gasteiger partial charge in [-0.15, -0.1) is 0 Å². The third kappa shape index (κ3) is 3.57. The van der Waals surface area contributed by atoms with E-state index >= 15 is 0 Å². The van der Waals surface area contributed by atoms with Crippen molar-refractivity contribution in [1.82, 2.24) is 15.0 Å². The van der Waals surface area contributed by atoms with Crippen LogP contribution in [-0.4, -0.2) is 41.3 Å². The maximum Gasteiger partial charge on any atom is 0.252 e. The van der Waals surface area contributed by atoms with Gasteiger partial charge in [0.05, 0.1) is 19.6 Å². The maximum atomic E-state index is 14.6. The number of nitrogens with zero attached hydrogens (tertiary/aromatic N) is 3. The molecule has 1 aliphatic rings. The molecular formula is C22H19FN4O3. The molecule has 152 valence electrons. The molecule has 2 aromatic heterocycles. The summed E-state index contributed by atoms with van der Waals surface area (Å²) in [6, 6.07) is 13.6. The van der Waals surface area contributed by atoms with Crippen LogP contribution in [0.1, 0.15) is 11.7 Å². The number of oxazole rings is 1. The molecule has 0 amide bonds. The first-order chi connectivity index (χ1) is 14.7. The number of aromatic nitrogens is 3. The monoisotopic (exact) mass is 406 g/mol. The van der Waals surface area contributed by atoms with Gasteiger partial charge in [0.2, 0.25) is 5.89 Å². The number of fused-ring (bicyclic) bond motifs is 1. The van der Waals surface area contributed by atoms with E-state index in [0.29, 0.717) is 60.5 Å². The average Bonchev–Trinajstić information content (AvgIpc) is 3.16. The first-order valence-electron chi connectivity index (χ1n) is 9.74. The van der Waals surface area contributed by atoms with Gasteiger partial charge < -0.3 is 19.0 Å². The van der Waals surface area contributed by atoms with E-state index in [1.165, 1.54) is 12.1 Å². The number of halogens is 1. The van der Waals surface area contributed by atoms with E-state index in [0.717, 1.165) is 5.56 Å². The lowest BCUT2D eigenvalue weighted by atomic mass is 10.0. The Kier molecular flexibility index (Phi) is 4.76. The minimum absolute atomic E-state index is 0.192. The summed E-state index contributed by atoms with van der Waals surface area (Å²) < 4.78 is 25.8. The minimum Gasteiger partial charge on any atom is -0.440 e. The van der Waals surface area contributed by atoms with Gasteiger partial charge in [-0.1, -0.05) is 30.3 Å². The molecule has 1 N–H and O–H groups in total. The molecule has 0 radical (unpaired) electrons. The lowest BCUT2D eigenvalue weighted by Gasteiger charge is -2.27. The smallest absolute Gasteiger partial charge is 0.252 e. The molecule has 8 heteroatoms. The highest BCUT2D eigenvalue weighted by atomic mass is 19.1. The van der Waals surface area contributed by atoms with E-state index in [1.54, 1.807) is 6.07 Å². The van der Waals surface area contributed by atoms with Crippen molar-refractivity contribution in [2.45, 2.75) is 6.42 Å². The highest BCUT2D eigenvalue weighted by Gasteiger charge is 2.18.